The molecule has 19 heavy (non-hydrogen) atoms. The summed E-state index contributed by atoms with van der Waals surface area (Å²) in [5, 5.41) is 13.5. The number of hydrogen-bond acceptors (Lipinski definition) is 4. The Labute approximate surface area is 114 Å². The van der Waals surface area contributed by atoms with Gasteiger partial charge in [-0.05, 0) is 31.2 Å². The summed E-state index contributed by atoms with van der Waals surface area (Å²) in [7, 11) is 0. The Morgan fingerprint density at radius 3 is 3.00 bits per heavy atom. The Balaban J connectivity index is 2.15. The Bertz CT molecular complexity index is 648. The predicted molar refractivity (Wildman–Crippen MR) is 69.5 cm³/mol. The van der Waals surface area contributed by atoms with E-state index in [1.807, 2.05) is 0 Å². The van der Waals surface area contributed by atoms with Gasteiger partial charge in [-0.3, -0.25) is 0 Å². The van der Waals surface area contributed by atoms with Gasteiger partial charge in [0.15, 0.2) is 5.82 Å². The minimum absolute atomic E-state index is 0.0825. The van der Waals surface area contributed by atoms with Gasteiger partial charge in [-0.1, -0.05) is 11.6 Å². The maximum Gasteiger partial charge on any atom is 0.218 e. The SMILES string of the molecule is Oc1nc(-c2cc(Cl)ccc2F)nc2c1CCNC2. The number of rotatable bonds is 1. The number of aromatic hydroxyl groups is 1. The molecule has 1 aliphatic rings. The normalized spacial score (nSPS) is 14.2. The largest absolute Gasteiger partial charge is 0.493 e. The maximum atomic E-state index is 13.8. The Morgan fingerprint density at radius 2 is 2.16 bits per heavy atom. The van der Waals surface area contributed by atoms with Crippen molar-refractivity contribution >= 4 is 11.6 Å². The lowest BCUT2D eigenvalue weighted by Gasteiger charge is -2.17. The van der Waals surface area contributed by atoms with Crippen molar-refractivity contribution in [1.82, 2.24) is 15.3 Å². The van der Waals surface area contributed by atoms with Crippen LogP contribution < -0.4 is 5.32 Å². The summed E-state index contributed by atoms with van der Waals surface area (Å²) in [6.07, 6.45) is 0.666. The molecule has 0 radical (unpaired) electrons. The molecule has 1 aromatic heterocycles. The van der Waals surface area contributed by atoms with Crippen LogP contribution in [0.3, 0.4) is 0 Å². The van der Waals surface area contributed by atoms with Crippen LogP contribution >= 0.6 is 11.6 Å². The standard InChI is InChI=1S/C13H11ClFN3O/c14-7-1-2-10(15)9(5-7)12-17-11-6-16-4-3-8(11)13(19)18-12/h1-2,5,16H,3-4,6H2,(H,17,18,19). The van der Waals surface area contributed by atoms with Crippen LogP contribution in [-0.4, -0.2) is 21.6 Å². The highest BCUT2D eigenvalue weighted by Gasteiger charge is 2.19. The molecule has 3 rings (SSSR count). The van der Waals surface area contributed by atoms with E-state index in [-0.39, 0.29) is 17.3 Å². The van der Waals surface area contributed by atoms with Crippen LogP contribution in [0.25, 0.3) is 11.4 Å². The van der Waals surface area contributed by atoms with E-state index in [0.29, 0.717) is 23.7 Å². The zero-order valence-corrected chi connectivity index (χ0v) is 10.7. The fourth-order valence-electron chi connectivity index (χ4n) is 2.13. The molecule has 4 nitrogen and oxygen atoms in total. The first kappa shape index (κ1) is 12.3. The van der Waals surface area contributed by atoms with Crippen LogP contribution in [-0.2, 0) is 13.0 Å². The molecule has 2 N–H and O–H groups in total. The van der Waals surface area contributed by atoms with Crippen LogP contribution in [0.2, 0.25) is 5.02 Å². The summed E-state index contributed by atoms with van der Waals surface area (Å²) in [6, 6.07) is 4.17. The Morgan fingerprint density at radius 1 is 1.32 bits per heavy atom. The van der Waals surface area contributed by atoms with E-state index < -0.39 is 5.82 Å². The van der Waals surface area contributed by atoms with E-state index in [9.17, 15) is 9.50 Å². The first-order valence-corrected chi connectivity index (χ1v) is 6.28. The molecule has 0 unspecified atom stereocenters. The first-order chi connectivity index (χ1) is 9.15. The number of hydrogen-bond donors (Lipinski definition) is 2. The lowest BCUT2D eigenvalue weighted by molar-refractivity contribution is 0.436. The van der Waals surface area contributed by atoms with Crippen LogP contribution in [0, 0.1) is 5.82 Å². The van der Waals surface area contributed by atoms with Crippen LogP contribution in [0.5, 0.6) is 5.88 Å². The molecule has 98 valence electrons. The summed E-state index contributed by atoms with van der Waals surface area (Å²) in [4.78, 5) is 8.29. The zero-order chi connectivity index (χ0) is 13.4. The topological polar surface area (TPSA) is 58.0 Å². The summed E-state index contributed by atoms with van der Waals surface area (Å²) < 4.78 is 13.8. The molecule has 0 fully saturated rings. The molecule has 2 heterocycles. The van der Waals surface area contributed by atoms with Gasteiger partial charge in [0.2, 0.25) is 5.88 Å². The average molecular weight is 280 g/mol. The maximum absolute atomic E-state index is 13.8. The fraction of sp³-hybridized carbons (Fsp3) is 0.231. The first-order valence-electron chi connectivity index (χ1n) is 5.90. The molecule has 0 saturated heterocycles. The van der Waals surface area contributed by atoms with Crippen LogP contribution in [0.15, 0.2) is 18.2 Å². The van der Waals surface area contributed by atoms with E-state index in [1.54, 1.807) is 0 Å². The number of nitrogens with zero attached hydrogens (tertiary/aromatic N) is 2. The highest BCUT2D eigenvalue weighted by Crippen LogP contribution is 2.28. The highest BCUT2D eigenvalue weighted by atomic mass is 35.5. The van der Waals surface area contributed by atoms with Crippen molar-refractivity contribution in [3.63, 3.8) is 0 Å². The lowest BCUT2D eigenvalue weighted by Crippen LogP contribution is -2.25. The van der Waals surface area contributed by atoms with Crippen molar-refractivity contribution in [2.75, 3.05) is 6.54 Å². The van der Waals surface area contributed by atoms with Gasteiger partial charge in [0.05, 0.1) is 11.3 Å². The summed E-state index contributed by atoms with van der Waals surface area (Å²) in [5.41, 5.74) is 1.62. The van der Waals surface area contributed by atoms with E-state index in [4.69, 9.17) is 11.6 Å². The fourth-order valence-corrected chi connectivity index (χ4v) is 2.30. The third-order valence-electron chi connectivity index (χ3n) is 3.08. The summed E-state index contributed by atoms with van der Waals surface area (Å²) >= 11 is 5.85. The second-order valence-corrected chi connectivity index (χ2v) is 4.78. The van der Waals surface area contributed by atoms with Gasteiger partial charge >= 0.3 is 0 Å². The van der Waals surface area contributed by atoms with E-state index in [0.717, 1.165) is 12.1 Å². The van der Waals surface area contributed by atoms with Crippen molar-refractivity contribution in [2.45, 2.75) is 13.0 Å². The zero-order valence-electron chi connectivity index (χ0n) is 9.95. The second-order valence-electron chi connectivity index (χ2n) is 4.35. The number of nitrogens with one attached hydrogen (secondary N) is 1. The molecule has 1 aliphatic heterocycles. The minimum atomic E-state index is -0.465. The van der Waals surface area contributed by atoms with Crippen molar-refractivity contribution < 1.29 is 9.50 Å². The molecule has 0 bridgehead atoms. The third-order valence-corrected chi connectivity index (χ3v) is 3.32. The van der Waals surface area contributed by atoms with Gasteiger partial charge in [0, 0.05) is 17.1 Å². The quantitative estimate of drug-likeness (QED) is 0.841. The van der Waals surface area contributed by atoms with Gasteiger partial charge < -0.3 is 10.4 Å². The molecule has 1 aromatic carbocycles. The van der Waals surface area contributed by atoms with Gasteiger partial charge in [-0.25, -0.2) is 9.37 Å². The lowest BCUT2D eigenvalue weighted by atomic mass is 10.1. The minimum Gasteiger partial charge on any atom is -0.493 e. The van der Waals surface area contributed by atoms with Gasteiger partial charge in [0.25, 0.3) is 0 Å². The molecule has 0 amide bonds. The third kappa shape index (κ3) is 2.27. The van der Waals surface area contributed by atoms with Crippen LogP contribution in [0.4, 0.5) is 4.39 Å². The molecule has 2 aromatic rings. The molecular weight excluding hydrogens is 269 g/mol. The van der Waals surface area contributed by atoms with Crippen molar-refractivity contribution in [3.05, 3.63) is 40.3 Å². The number of fused-ring (bicyclic) bond motifs is 1. The predicted octanol–water partition coefficient (Wildman–Crippen LogP) is 2.29. The van der Waals surface area contributed by atoms with Gasteiger partial charge in [-0.15, -0.1) is 0 Å². The van der Waals surface area contributed by atoms with Crippen molar-refractivity contribution in [3.8, 4) is 17.3 Å². The summed E-state index contributed by atoms with van der Waals surface area (Å²) in [5.74, 6) is -0.395. The average Bonchev–Trinajstić information content (AvgIpc) is 2.41. The van der Waals surface area contributed by atoms with Crippen molar-refractivity contribution in [1.29, 1.82) is 0 Å². The molecule has 0 atom stereocenters. The van der Waals surface area contributed by atoms with E-state index in [2.05, 4.69) is 15.3 Å². The van der Waals surface area contributed by atoms with Crippen LogP contribution in [0.1, 0.15) is 11.3 Å². The molecule has 0 aliphatic carbocycles. The number of halogens is 2. The Hall–Kier alpha value is -1.72. The number of aromatic nitrogens is 2. The highest BCUT2D eigenvalue weighted by molar-refractivity contribution is 6.30. The van der Waals surface area contributed by atoms with E-state index >= 15 is 0 Å². The monoisotopic (exact) mass is 279 g/mol. The molecule has 0 spiro atoms. The second kappa shape index (κ2) is 4.75. The van der Waals surface area contributed by atoms with Gasteiger partial charge in [0.1, 0.15) is 5.82 Å². The Kier molecular flexibility index (Phi) is 3.08. The molecular formula is C13H11ClFN3O. The smallest absolute Gasteiger partial charge is 0.218 e. The summed E-state index contributed by atoms with van der Waals surface area (Å²) in [6.45, 7) is 1.31. The van der Waals surface area contributed by atoms with E-state index in [1.165, 1.54) is 18.2 Å². The molecule has 0 saturated carbocycles. The number of benzene rings is 1. The molecule has 6 heteroatoms. The van der Waals surface area contributed by atoms with Crippen molar-refractivity contribution in [2.24, 2.45) is 0 Å². The van der Waals surface area contributed by atoms with Gasteiger partial charge in [-0.2, -0.15) is 4.98 Å².